The van der Waals surface area contributed by atoms with Gasteiger partial charge >= 0.3 is 0 Å². The molecule has 5 heteroatoms. The molecule has 1 saturated carbocycles. The van der Waals surface area contributed by atoms with E-state index in [4.69, 9.17) is 9.47 Å². The Morgan fingerprint density at radius 1 is 0.962 bits per heavy atom. The summed E-state index contributed by atoms with van der Waals surface area (Å²) in [7, 11) is 0. The fourth-order valence-corrected chi connectivity index (χ4v) is 4.14. The molecule has 0 atom stereocenters. The lowest BCUT2D eigenvalue weighted by molar-refractivity contribution is 0.0398. The van der Waals surface area contributed by atoms with E-state index >= 15 is 0 Å². The molecule has 3 fully saturated rings. The van der Waals surface area contributed by atoms with Gasteiger partial charge in [-0.15, -0.1) is 0 Å². The first kappa shape index (κ1) is 18.1. The summed E-state index contributed by atoms with van der Waals surface area (Å²) in [6, 6.07) is 9.36. The Hall–Kier alpha value is -1.30. The molecule has 0 amide bonds. The second-order valence-electron chi connectivity index (χ2n) is 7.84. The predicted octanol–water partition coefficient (Wildman–Crippen LogP) is 2.83. The first-order valence-corrected chi connectivity index (χ1v) is 10.4. The monoisotopic (exact) mass is 359 g/mol. The van der Waals surface area contributed by atoms with Crippen LogP contribution in [0.2, 0.25) is 0 Å². The maximum Gasteiger partial charge on any atom is 0.119 e. The second-order valence-corrected chi connectivity index (χ2v) is 7.84. The van der Waals surface area contributed by atoms with E-state index in [0.717, 1.165) is 64.0 Å². The van der Waals surface area contributed by atoms with Crippen molar-refractivity contribution in [3.8, 4) is 5.75 Å². The van der Waals surface area contributed by atoms with Crippen molar-refractivity contribution >= 4 is 5.69 Å². The number of ether oxygens (including phenoxy) is 2. The number of rotatable bonds is 7. The molecule has 2 saturated heterocycles. The number of anilines is 1. The number of nitrogens with zero attached hydrogens (tertiary/aromatic N) is 2. The lowest BCUT2D eigenvalue weighted by atomic mass is 9.90. The van der Waals surface area contributed by atoms with Crippen LogP contribution in [-0.2, 0) is 4.74 Å². The van der Waals surface area contributed by atoms with Gasteiger partial charge in [-0.05, 0) is 49.9 Å². The average Bonchev–Trinajstić information content (AvgIpc) is 2.64. The minimum absolute atomic E-state index is 0.381. The van der Waals surface area contributed by atoms with E-state index in [2.05, 4.69) is 39.4 Å². The van der Waals surface area contributed by atoms with Gasteiger partial charge in [0.2, 0.25) is 0 Å². The molecule has 1 aliphatic carbocycles. The van der Waals surface area contributed by atoms with E-state index in [1.807, 2.05) is 0 Å². The fraction of sp³-hybridized carbons (Fsp3) is 0.714. The van der Waals surface area contributed by atoms with Crippen LogP contribution in [0.3, 0.4) is 0 Å². The summed E-state index contributed by atoms with van der Waals surface area (Å²) < 4.78 is 11.6. The Labute approximate surface area is 157 Å². The van der Waals surface area contributed by atoms with Crippen LogP contribution in [0.25, 0.3) is 0 Å². The first-order valence-electron chi connectivity index (χ1n) is 10.4. The molecular weight excluding hydrogens is 326 g/mol. The zero-order valence-corrected chi connectivity index (χ0v) is 15.9. The normalized spacial score (nSPS) is 23.5. The summed E-state index contributed by atoms with van der Waals surface area (Å²) in [5, 5.41) is 3.51. The van der Waals surface area contributed by atoms with Crippen LogP contribution in [0, 0.1) is 0 Å². The van der Waals surface area contributed by atoms with E-state index in [1.54, 1.807) is 0 Å². The zero-order chi connectivity index (χ0) is 17.6. The van der Waals surface area contributed by atoms with E-state index in [0.29, 0.717) is 6.10 Å². The Morgan fingerprint density at radius 3 is 2.35 bits per heavy atom. The van der Waals surface area contributed by atoms with Crippen LogP contribution >= 0.6 is 0 Å². The topological polar surface area (TPSA) is 37.0 Å². The quantitative estimate of drug-likeness (QED) is 0.810. The van der Waals surface area contributed by atoms with Crippen molar-refractivity contribution in [3.63, 3.8) is 0 Å². The van der Waals surface area contributed by atoms with Crippen LogP contribution in [0.4, 0.5) is 5.69 Å². The number of nitrogens with one attached hydrogen (secondary N) is 1. The summed E-state index contributed by atoms with van der Waals surface area (Å²) in [5.74, 6) is 1.01. The molecule has 5 nitrogen and oxygen atoms in total. The largest absolute Gasteiger partial charge is 0.490 e. The van der Waals surface area contributed by atoms with E-state index in [9.17, 15) is 0 Å². The molecule has 0 aromatic heterocycles. The van der Waals surface area contributed by atoms with Crippen molar-refractivity contribution in [2.45, 2.75) is 44.2 Å². The third kappa shape index (κ3) is 4.90. The van der Waals surface area contributed by atoms with Crippen molar-refractivity contribution < 1.29 is 9.47 Å². The third-order valence-corrected chi connectivity index (χ3v) is 6.09. The lowest BCUT2D eigenvalue weighted by Gasteiger charge is -2.41. The van der Waals surface area contributed by atoms with Crippen LogP contribution in [0.5, 0.6) is 5.75 Å². The minimum Gasteiger partial charge on any atom is -0.490 e. The molecule has 1 N–H and O–H groups in total. The van der Waals surface area contributed by atoms with Crippen molar-refractivity contribution in [1.29, 1.82) is 0 Å². The molecule has 2 aliphatic heterocycles. The Bertz CT molecular complexity index is 533. The molecule has 1 aromatic carbocycles. The van der Waals surface area contributed by atoms with E-state index in [1.165, 1.54) is 38.0 Å². The summed E-state index contributed by atoms with van der Waals surface area (Å²) >= 11 is 0. The van der Waals surface area contributed by atoms with Crippen LogP contribution in [-0.4, -0.2) is 74.4 Å². The van der Waals surface area contributed by atoms with Gasteiger partial charge in [-0.25, -0.2) is 0 Å². The summed E-state index contributed by atoms with van der Waals surface area (Å²) in [5.41, 5.74) is 1.17. The van der Waals surface area contributed by atoms with Gasteiger partial charge in [-0.2, -0.15) is 0 Å². The number of hydrogen-bond acceptors (Lipinski definition) is 5. The fourth-order valence-electron chi connectivity index (χ4n) is 4.14. The Morgan fingerprint density at radius 2 is 1.69 bits per heavy atom. The van der Waals surface area contributed by atoms with Crippen molar-refractivity contribution in [3.05, 3.63) is 24.3 Å². The molecule has 26 heavy (non-hydrogen) atoms. The molecule has 3 aliphatic rings. The molecule has 0 radical (unpaired) electrons. The Kier molecular flexibility index (Phi) is 6.31. The van der Waals surface area contributed by atoms with Gasteiger partial charge in [0.25, 0.3) is 0 Å². The molecule has 4 rings (SSSR count). The molecule has 144 valence electrons. The molecule has 1 aromatic rings. The highest BCUT2D eigenvalue weighted by Crippen LogP contribution is 2.28. The summed E-state index contributed by atoms with van der Waals surface area (Å²) in [4.78, 5) is 5.12. The maximum atomic E-state index is 6.21. The van der Waals surface area contributed by atoms with Crippen molar-refractivity contribution in [2.75, 3.05) is 57.8 Å². The number of hydrogen-bond donors (Lipinski definition) is 1. The summed E-state index contributed by atoms with van der Waals surface area (Å²) in [6.45, 7) is 8.29. The van der Waals surface area contributed by atoms with E-state index in [-0.39, 0.29) is 0 Å². The van der Waals surface area contributed by atoms with Crippen LogP contribution in [0.15, 0.2) is 24.3 Å². The average molecular weight is 360 g/mol. The van der Waals surface area contributed by atoms with Gasteiger partial charge in [-0.1, -0.05) is 6.42 Å². The first-order chi connectivity index (χ1) is 12.9. The van der Waals surface area contributed by atoms with Crippen LogP contribution in [0.1, 0.15) is 32.1 Å². The smallest absolute Gasteiger partial charge is 0.119 e. The van der Waals surface area contributed by atoms with Crippen molar-refractivity contribution in [1.82, 2.24) is 9.80 Å². The molecular formula is C21H33N3O2. The minimum atomic E-state index is 0.381. The maximum absolute atomic E-state index is 6.21. The zero-order valence-electron chi connectivity index (χ0n) is 15.9. The molecule has 0 bridgehead atoms. The number of piperidine rings is 1. The van der Waals surface area contributed by atoms with Crippen molar-refractivity contribution in [2.24, 2.45) is 0 Å². The standard InChI is InChI=1S/C21H33N3O2/c1-2-19(3-1)24-11-8-21(9-12-24)26-20-6-4-18(5-7-20)22-10-13-23-14-16-25-17-15-23/h4-7,19,21-22H,1-3,8-17H2. The van der Waals surface area contributed by atoms with Crippen LogP contribution < -0.4 is 10.1 Å². The van der Waals surface area contributed by atoms with Gasteiger partial charge in [0.15, 0.2) is 0 Å². The molecule has 0 spiro atoms. The van der Waals surface area contributed by atoms with Gasteiger partial charge in [0.05, 0.1) is 13.2 Å². The van der Waals surface area contributed by atoms with Gasteiger partial charge in [0.1, 0.15) is 11.9 Å². The molecule has 0 unspecified atom stereocenters. The van der Waals surface area contributed by atoms with Gasteiger partial charge < -0.3 is 19.7 Å². The second kappa shape index (κ2) is 9.07. The highest BCUT2D eigenvalue weighted by molar-refractivity contribution is 5.46. The number of likely N-dealkylation sites (tertiary alicyclic amines) is 1. The lowest BCUT2D eigenvalue weighted by Crippen LogP contribution is -2.46. The highest BCUT2D eigenvalue weighted by Gasteiger charge is 2.29. The van der Waals surface area contributed by atoms with E-state index < -0.39 is 0 Å². The highest BCUT2D eigenvalue weighted by atomic mass is 16.5. The predicted molar refractivity (Wildman–Crippen MR) is 105 cm³/mol. The number of benzene rings is 1. The Balaban J connectivity index is 1.16. The third-order valence-electron chi connectivity index (χ3n) is 6.09. The SMILES string of the molecule is c1cc(OC2CCN(C3CCC3)CC2)ccc1NCCN1CCOCC1. The number of morpholine rings is 1. The van der Waals surface area contributed by atoms with Gasteiger partial charge in [-0.3, -0.25) is 4.90 Å². The molecule has 2 heterocycles. The van der Waals surface area contributed by atoms with Gasteiger partial charge in [0, 0.05) is 51.0 Å². The summed E-state index contributed by atoms with van der Waals surface area (Å²) in [6.07, 6.45) is 6.95.